The highest BCUT2D eigenvalue weighted by Crippen LogP contribution is 2.37. The Bertz CT molecular complexity index is 1730. The van der Waals surface area contributed by atoms with Crippen molar-refractivity contribution in [1.29, 1.82) is 0 Å². The van der Waals surface area contributed by atoms with Crippen molar-refractivity contribution in [2.75, 3.05) is 45.2 Å². The molecule has 1 saturated heterocycles. The number of hydrogen-bond donors (Lipinski definition) is 2. The van der Waals surface area contributed by atoms with Crippen LogP contribution in [0, 0.1) is 12.8 Å². The molecule has 2 aliphatic rings. The van der Waals surface area contributed by atoms with Gasteiger partial charge in [0.2, 0.25) is 5.91 Å². The number of nitrogens with zero attached hydrogens (tertiary/aromatic N) is 5. The number of hydrogen-bond acceptors (Lipinski definition) is 7. The molecular formula is C32H33F3N6O4. The zero-order valence-electron chi connectivity index (χ0n) is 24.8. The van der Waals surface area contributed by atoms with E-state index in [4.69, 9.17) is 4.74 Å². The number of benzene rings is 2. The molecule has 2 aromatic carbocycles. The first-order valence-corrected chi connectivity index (χ1v) is 14.7. The number of carbonyl (C=O) groups is 2. The summed E-state index contributed by atoms with van der Waals surface area (Å²) >= 11 is 0. The number of aromatic nitrogens is 3. The van der Waals surface area contributed by atoms with Gasteiger partial charge in [-0.1, -0.05) is 12.1 Å². The highest BCUT2D eigenvalue weighted by molar-refractivity contribution is 6.00. The predicted octanol–water partition coefficient (Wildman–Crippen LogP) is 4.57. The molecule has 1 aliphatic heterocycles. The molecule has 2 N–H and O–H groups in total. The van der Waals surface area contributed by atoms with Crippen molar-refractivity contribution in [3.05, 3.63) is 77.1 Å². The number of amides is 2. The number of carbonyl (C=O) groups excluding carboxylic acids is 2. The fourth-order valence-corrected chi connectivity index (χ4v) is 5.84. The molecule has 0 unspecified atom stereocenters. The molecule has 3 heterocycles. The number of alkyl halides is 3. The van der Waals surface area contributed by atoms with E-state index in [9.17, 15) is 27.9 Å². The van der Waals surface area contributed by atoms with E-state index in [1.165, 1.54) is 14.0 Å². The molecule has 2 fully saturated rings. The molecule has 236 valence electrons. The molecule has 1 saturated carbocycles. The Morgan fingerprint density at radius 2 is 1.80 bits per heavy atom. The zero-order chi connectivity index (χ0) is 31.9. The molecule has 0 bridgehead atoms. The largest absolute Gasteiger partial charge is 0.497 e. The number of ether oxygens (including phenoxy) is 1. The normalized spacial score (nSPS) is 16.5. The average Bonchev–Trinajstić information content (AvgIpc) is 3.81. The van der Waals surface area contributed by atoms with Crippen LogP contribution in [0.5, 0.6) is 5.75 Å². The summed E-state index contributed by atoms with van der Waals surface area (Å²) < 4.78 is 48.8. The molecule has 1 atom stereocenters. The minimum Gasteiger partial charge on any atom is -0.497 e. The number of rotatable bonds is 8. The number of piperazine rings is 1. The van der Waals surface area contributed by atoms with E-state index >= 15 is 0 Å². The SMILES string of the molecule is COc1ccc(-c2nc3c(C(=O)N4CCN([C@@H](CO)c5cccc(NC(=O)C6CC6)c5)CC4)cnn3c(C(F)(F)F)c2C)cc1. The molecule has 0 radical (unpaired) electrons. The Morgan fingerprint density at radius 1 is 1.09 bits per heavy atom. The molecule has 4 aromatic rings. The van der Waals surface area contributed by atoms with Gasteiger partial charge in [0, 0.05) is 48.9 Å². The van der Waals surface area contributed by atoms with Crippen molar-refractivity contribution in [1.82, 2.24) is 24.4 Å². The van der Waals surface area contributed by atoms with Crippen molar-refractivity contribution in [2.24, 2.45) is 5.92 Å². The molecule has 6 rings (SSSR count). The van der Waals surface area contributed by atoms with E-state index in [-0.39, 0.29) is 60.0 Å². The summed E-state index contributed by atoms with van der Waals surface area (Å²) in [5.74, 6) is 0.134. The fraction of sp³-hybridized carbons (Fsp3) is 0.375. The second-order valence-electron chi connectivity index (χ2n) is 11.4. The number of methoxy groups -OCH3 is 1. The van der Waals surface area contributed by atoms with Crippen LogP contribution in [0.2, 0.25) is 0 Å². The van der Waals surface area contributed by atoms with Crippen molar-refractivity contribution in [2.45, 2.75) is 32.0 Å². The zero-order valence-corrected chi connectivity index (χ0v) is 24.8. The van der Waals surface area contributed by atoms with Gasteiger partial charge in [0.05, 0.1) is 31.6 Å². The van der Waals surface area contributed by atoms with Crippen LogP contribution >= 0.6 is 0 Å². The molecule has 45 heavy (non-hydrogen) atoms. The average molecular weight is 623 g/mol. The van der Waals surface area contributed by atoms with Gasteiger partial charge in [0.1, 0.15) is 11.3 Å². The third-order valence-electron chi connectivity index (χ3n) is 8.45. The summed E-state index contributed by atoms with van der Waals surface area (Å²) in [4.78, 5) is 34.1. The summed E-state index contributed by atoms with van der Waals surface area (Å²) in [7, 11) is 1.50. The molecule has 2 aromatic heterocycles. The highest BCUT2D eigenvalue weighted by atomic mass is 19.4. The Balaban J connectivity index is 1.23. The van der Waals surface area contributed by atoms with Crippen molar-refractivity contribution in [3.63, 3.8) is 0 Å². The van der Waals surface area contributed by atoms with Crippen LogP contribution in [0.3, 0.4) is 0 Å². The first-order chi connectivity index (χ1) is 21.6. The maximum atomic E-state index is 14.3. The number of anilines is 1. The van der Waals surface area contributed by atoms with Gasteiger partial charge in [-0.05, 0) is 61.7 Å². The van der Waals surface area contributed by atoms with Gasteiger partial charge < -0.3 is 20.1 Å². The van der Waals surface area contributed by atoms with E-state index in [1.807, 2.05) is 29.2 Å². The van der Waals surface area contributed by atoms with Crippen molar-refractivity contribution in [3.8, 4) is 17.0 Å². The third kappa shape index (κ3) is 6.09. The lowest BCUT2D eigenvalue weighted by Gasteiger charge is -2.38. The quantitative estimate of drug-likeness (QED) is 0.296. The van der Waals surface area contributed by atoms with Gasteiger partial charge in [0.15, 0.2) is 11.3 Å². The number of halogens is 3. The van der Waals surface area contributed by atoms with Gasteiger partial charge >= 0.3 is 6.18 Å². The van der Waals surface area contributed by atoms with Crippen LogP contribution in [0.15, 0.2) is 54.7 Å². The van der Waals surface area contributed by atoms with Crippen LogP contribution in [0.4, 0.5) is 18.9 Å². The first-order valence-electron chi connectivity index (χ1n) is 14.7. The van der Waals surface area contributed by atoms with Crippen LogP contribution < -0.4 is 10.1 Å². The summed E-state index contributed by atoms with van der Waals surface area (Å²) in [6.07, 6.45) is -1.82. The van der Waals surface area contributed by atoms with E-state index in [2.05, 4.69) is 15.4 Å². The van der Waals surface area contributed by atoms with Gasteiger partial charge in [-0.3, -0.25) is 14.5 Å². The van der Waals surface area contributed by atoms with E-state index < -0.39 is 17.8 Å². The molecule has 13 heteroatoms. The van der Waals surface area contributed by atoms with Crippen LogP contribution in [0.1, 0.15) is 46.1 Å². The molecule has 1 aliphatic carbocycles. The number of aliphatic hydroxyl groups excluding tert-OH is 1. The Hall–Kier alpha value is -4.49. The summed E-state index contributed by atoms with van der Waals surface area (Å²) in [5.41, 5.74) is 0.731. The predicted molar refractivity (Wildman–Crippen MR) is 160 cm³/mol. The molecule has 2 amide bonds. The Kier molecular flexibility index (Phi) is 8.23. The fourth-order valence-electron chi connectivity index (χ4n) is 5.84. The topological polar surface area (TPSA) is 112 Å². The second kappa shape index (κ2) is 12.1. The third-order valence-corrected chi connectivity index (χ3v) is 8.45. The maximum absolute atomic E-state index is 14.3. The van der Waals surface area contributed by atoms with Gasteiger partial charge in [0.25, 0.3) is 5.91 Å². The lowest BCUT2D eigenvalue weighted by atomic mass is 10.0. The Labute approximate surface area is 257 Å². The van der Waals surface area contributed by atoms with Gasteiger partial charge in [-0.25, -0.2) is 9.50 Å². The molecular weight excluding hydrogens is 589 g/mol. The van der Waals surface area contributed by atoms with Gasteiger partial charge in [-0.15, -0.1) is 0 Å². The standard InChI is InChI=1S/C32H33F3N6O4/c1-19-27(20-8-10-24(45-2)11-9-20)38-29-25(17-36-41(29)28(19)32(33,34)35)31(44)40-14-12-39(13-15-40)26(18-42)22-4-3-5-23(16-22)37-30(43)21-6-7-21/h3-5,8-11,16-17,21,26,42H,6-7,12-15,18H2,1-2H3,(H,37,43)/t26-/m0/s1. The smallest absolute Gasteiger partial charge is 0.433 e. The maximum Gasteiger partial charge on any atom is 0.433 e. The number of nitrogens with one attached hydrogen (secondary N) is 1. The van der Waals surface area contributed by atoms with E-state index in [0.29, 0.717) is 34.6 Å². The number of fused-ring (bicyclic) bond motifs is 1. The van der Waals surface area contributed by atoms with Crippen LogP contribution in [-0.4, -0.2) is 81.2 Å². The Morgan fingerprint density at radius 3 is 2.42 bits per heavy atom. The summed E-state index contributed by atoms with van der Waals surface area (Å²) in [5, 5.41) is 17.2. The first kappa shape index (κ1) is 30.5. The van der Waals surface area contributed by atoms with Crippen LogP contribution in [0.25, 0.3) is 16.9 Å². The lowest BCUT2D eigenvalue weighted by Crippen LogP contribution is -2.50. The molecule has 0 spiro atoms. The van der Waals surface area contributed by atoms with Crippen molar-refractivity contribution >= 4 is 23.1 Å². The monoisotopic (exact) mass is 622 g/mol. The summed E-state index contributed by atoms with van der Waals surface area (Å²) in [6, 6.07) is 13.5. The van der Waals surface area contributed by atoms with Crippen LogP contribution in [-0.2, 0) is 11.0 Å². The second-order valence-corrected chi connectivity index (χ2v) is 11.4. The highest BCUT2D eigenvalue weighted by Gasteiger charge is 2.39. The van der Waals surface area contributed by atoms with E-state index in [0.717, 1.165) is 24.6 Å². The van der Waals surface area contributed by atoms with E-state index in [1.54, 1.807) is 29.2 Å². The minimum absolute atomic E-state index is 0.00404. The lowest BCUT2D eigenvalue weighted by molar-refractivity contribution is -0.143. The number of aliphatic hydroxyl groups is 1. The molecule has 10 nitrogen and oxygen atoms in total. The minimum atomic E-state index is -4.75. The summed E-state index contributed by atoms with van der Waals surface area (Å²) in [6.45, 7) is 2.59. The van der Waals surface area contributed by atoms with Crippen molar-refractivity contribution < 1.29 is 32.6 Å². The van der Waals surface area contributed by atoms with Gasteiger partial charge in [-0.2, -0.15) is 18.3 Å².